The summed E-state index contributed by atoms with van der Waals surface area (Å²) in [5, 5.41) is 21.1. The van der Waals surface area contributed by atoms with E-state index < -0.39 is 0 Å². The zero-order chi connectivity index (χ0) is 94.8. The first-order valence-electron chi connectivity index (χ1n) is 47.6. The molecule has 0 amide bonds. The fourth-order valence-electron chi connectivity index (χ4n) is 20.3. The molecule has 0 aliphatic heterocycles. The molecule has 672 valence electrons. The lowest BCUT2D eigenvalue weighted by Gasteiger charge is -2.08. The van der Waals surface area contributed by atoms with E-state index in [1.54, 1.807) is 22.7 Å². The number of nitrogens with zero attached hydrogens (tertiary/aromatic N) is 10. The van der Waals surface area contributed by atoms with Crippen LogP contribution in [0.25, 0.3) is 293 Å². The molecule has 0 unspecified atom stereocenters. The molecular formula is C128H74N10O3S3. The molecule has 0 N–H and O–H groups in total. The van der Waals surface area contributed by atoms with Crippen LogP contribution in [0.2, 0.25) is 0 Å². The Hall–Kier alpha value is -18.6. The minimum atomic E-state index is 0.641. The second-order valence-electron chi connectivity index (χ2n) is 36.1. The van der Waals surface area contributed by atoms with E-state index in [9.17, 15) is 0 Å². The maximum absolute atomic E-state index is 6.25. The van der Waals surface area contributed by atoms with E-state index in [0.29, 0.717) is 11.6 Å². The highest BCUT2D eigenvalue weighted by molar-refractivity contribution is 7.27. The molecule has 0 saturated heterocycles. The van der Waals surface area contributed by atoms with Crippen molar-refractivity contribution in [2.45, 2.75) is 0 Å². The molecule has 0 atom stereocenters. The minimum Gasteiger partial charge on any atom is -0.455 e. The van der Waals surface area contributed by atoms with Crippen LogP contribution >= 0.6 is 34.0 Å². The highest BCUT2D eigenvalue weighted by atomic mass is 32.1. The molecule has 13 nitrogen and oxygen atoms in total. The van der Waals surface area contributed by atoms with E-state index >= 15 is 0 Å². The quantitative estimate of drug-likeness (QED) is 0.113. The fourth-order valence-corrected chi connectivity index (χ4v) is 24.0. The van der Waals surface area contributed by atoms with Crippen molar-refractivity contribution in [1.82, 2.24) is 49.8 Å². The predicted molar refractivity (Wildman–Crippen MR) is 596 cm³/mol. The van der Waals surface area contributed by atoms with Crippen LogP contribution in [0.5, 0.6) is 0 Å². The van der Waals surface area contributed by atoms with Crippen molar-refractivity contribution in [3.05, 3.63) is 450 Å². The highest BCUT2D eigenvalue weighted by Gasteiger charge is 2.23. The summed E-state index contributed by atoms with van der Waals surface area (Å²) in [5.74, 6) is 2.77. The number of hydrogen-bond donors (Lipinski definition) is 0. The van der Waals surface area contributed by atoms with Crippen LogP contribution in [0.15, 0.2) is 463 Å². The molecule has 0 fully saturated rings. The molecule has 12 aromatic heterocycles. The predicted octanol–water partition coefficient (Wildman–Crippen LogP) is 35.3. The van der Waals surface area contributed by atoms with Crippen molar-refractivity contribution in [3.8, 4) is 135 Å². The van der Waals surface area contributed by atoms with Crippen molar-refractivity contribution < 1.29 is 13.3 Å². The number of hydrogen-bond acceptors (Lipinski definition) is 16. The Morgan fingerprint density at radius 1 is 0.153 bits per heavy atom. The topological polar surface area (TPSA) is 168 Å². The van der Waals surface area contributed by atoms with E-state index in [1.807, 2.05) is 152 Å². The van der Waals surface area contributed by atoms with E-state index in [1.165, 1.54) is 76.9 Å². The van der Waals surface area contributed by atoms with Crippen LogP contribution < -0.4 is 0 Å². The molecule has 0 aliphatic rings. The Balaban J connectivity index is 0.000000105. The maximum atomic E-state index is 6.25. The number of fused-ring (bicyclic) bond motifs is 21. The van der Waals surface area contributed by atoms with E-state index in [4.69, 9.17) is 63.1 Å². The van der Waals surface area contributed by atoms with Gasteiger partial charge in [-0.2, -0.15) is 0 Å². The van der Waals surface area contributed by atoms with Gasteiger partial charge >= 0.3 is 0 Å². The number of para-hydroxylation sites is 6. The summed E-state index contributed by atoms with van der Waals surface area (Å²) in [7, 11) is 0. The van der Waals surface area contributed by atoms with Crippen LogP contribution in [-0.4, -0.2) is 49.8 Å². The van der Waals surface area contributed by atoms with Gasteiger partial charge in [0.25, 0.3) is 0 Å². The van der Waals surface area contributed by atoms with Crippen LogP contribution in [0.3, 0.4) is 0 Å². The van der Waals surface area contributed by atoms with Crippen molar-refractivity contribution in [1.29, 1.82) is 0 Å². The summed E-state index contributed by atoms with van der Waals surface area (Å²) < 4.78 is 26.2. The third-order valence-corrected chi connectivity index (χ3v) is 31.3. The molecule has 18 aromatic carbocycles. The number of aromatic nitrogens is 10. The largest absolute Gasteiger partial charge is 0.455 e. The summed E-state index contributed by atoms with van der Waals surface area (Å²) in [6.07, 6.45) is 19.2. The lowest BCUT2D eigenvalue weighted by Crippen LogP contribution is -1.91. The molecule has 12 heterocycles. The summed E-state index contributed by atoms with van der Waals surface area (Å²) in [6, 6.07) is 135. The van der Waals surface area contributed by atoms with Gasteiger partial charge in [-0.3, -0.25) is 9.97 Å². The average Bonchev–Trinajstić information content (AvgIpc) is 1.58. The summed E-state index contributed by atoms with van der Waals surface area (Å²) >= 11 is 5.42. The van der Waals surface area contributed by atoms with Gasteiger partial charge < -0.3 is 13.3 Å². The molecule has 16 heteroatoms. The summed E-state index contributed by atoms with van der Waals surface area (Å²) in [5.41, 5.74) is 25.7. The molecule has 0 saturated carbocycles. The van der Waals surface area contributed by atoms with E-state index in [2.05, 4.69) is 309 Å². The van der Waals surface area contributed by atoms with Crippen LogP contribution in [-0.2, 0) is 0 Å². The summed E-state index contributed by atoms with van der Waals surface area (Å²) in [6.45, 7) is 0. The minimum absolute atomic E-state index is 0.641. The molecule has 0 aliphatic carbocycles. The normalized spacial score (nSPS) is 11.8. The monoisotopic (exact) mass is 1890 g/mol. The molecule has 30 rings (SSSR count). The SMILES string of the molecule is c1ccc2c(c1)oc1c(-c3ccc(-c4ccc5cc(-c6cnc(-c7cccc8c7sc7ccccc78)nc6)ccc5c4)cn3)cccc12.c1ccc2c(c1)oc1c(-c3ncc(-c4ccc5cc(-c6ccc(-c7cccc8c7sc7ccccc78)nc6)ccc5c4)cn3)cccc12.c1ccc2c(c1)oc1c(-c3ncc(-c4ccc5cc(-c6cnc(-c7cccc8c7sc7ccccc78)nc6)ccc5c4)cn3)cccc12. The van der Waals surface area contributed by atoms with Gasteiger partial charge in [-0.1, -0.05) is 273 Å². The Kier molecular flexibility index (Phi) is 20.2. The molecule has 30 aromatic rings. The van der Waals surface area contributed by atoms with Crippen LogP contribution in [0, 0.1) is 0 Å². The molecule has 0 bridgehead atoms. The fraction of sp³-hybridized carbons (Fsp3) is 0. The lowest BCUT2D eigenvalue weighted by atomic mass is 9.99. The Morgan fingerprint density at radius 3 is 0.701 bits per heavy atom. The van der Waals surface area contributed by atoms with Crippen molar-refractivity contribution in [2.75, 3.05) is 0 Å². The van der Waals surface area contributed by atoms with Gasteiger partial charge in [-0.15, -0.1) is 34.0 Å². The first-order valence-corrected chi connectivity index (χ1v) is 50.0. The first-order chi connectivity index (χ1) is 71.3. The molecule has 0 radical (unpaired) electrons. The molecular weight excluding hydrogens is 1820 g/mol. The van der Waals surface area contributed by atoms with Gasteiger partial charge in [0, 0.05) is 210 Å². The standard InChI is InChI=1S/2C43H25N3OS.C42H24N4OS/c1-3-13-39-32(7-1)34-9-5-12-37(41(34)47-39)43-45-24-31(25-46-43)29-18-16-26-21-28(17-15-27(26)22-29)30-19-20-38(44-23-30)36-11-6-10-35-33-8-2-4-14-40(33)48-42(35)36;1-3-13-39-32(7-1)34-9-5-11-36(41(34)47-39)38-20-19-30(23-44-38)28-17-15-27-22-29(18-16-26(27)21-28)31-24-45-43(46-25-31)37-12-6-10-35-33-8-2-4-14-40(33)48-42(35)37;1-3-13-37-31(7-1)33-9-5-11-35(39(33)47-37)41-43-21-29(22-44-41)27-17-15-26-20-28(18-16-25(26)19-27)30-23-45-42(46-24-30)36-12-6-10-34-32-8-2-4-14-38(32)48-40(34)36/h2*1-25H;1-24H. The number of pyridine rings is 2. The van der Waals surface area contributed by atoms with Gasteiger partial charge in [-0.25, -0.2) is 39.9 Å². The third-order valence-electron chi connectivity index (χ3n) is 27.6. The zero-order valence-electron chi connectivity index (χ0n) is 76.6. The zero-order valence-corrected chi connectivity index (χ0v) is 79.1. The third kappa shape index (κ3) is 14.8. The Labute approximate surface area is 834 Å². The maximum Gasteiger partial charge on any atom is 0.162 e. The van der Waals surface area contributed by atoms with Crippen LogP contribution in [0.1, 0.15) is 0 Å². The van der Waals surface area contributed by atoms with Gasteiger partial charge in [0.15, 0.2) is 23.3 Å². The molecule has 144 heavy (non-hydrogen) atoms. The second-order valence-corrected chi connectivity index (χ2v) is 39.2. The first kappa shape index (κ1) is 83.6. The Bertz CT molecular complexity index is 8840. The van der Waals surface area contributed by atoms with Crippen LogP contribution in [0.4, 0.5) is 0 Å². The van der Waals surface area contributed by atoms with E-state index in [-0.39, 0.29) is 0 Å². The van der Waals surface area contributed by atoms with Gasteiger partial charge in [-0.05, 0) is 181 Å². The van der Waals surface area contributed by atoms with Gasteiger partial charge in [0.1, 0.15) is 33.5 Å². The summed E-state index contributed by atoms with van der Waals surface area (Å²) in [4.78, 5) is 48.1. The number of furan rings is 3. The molecule has 0 spiro atoms. The van der Waals surface area contributed by atoms with Gasteiger partial charge in [0.05, 0.1) is 22.5 Å². The lowest BCUT2D eigenvalue weighted by molar-refractivity contribution is 0.669. The Morgan fingerprint density at radius 2 is 0.382 bits per heavy atom. The second kappa shape index (κ2) is 34.8. The number of rotatable bonds is 12. The van der Waals surface area contributed by atoms with Crippen molar-refractivity contribution in [3.63, 3.8) is 0 Å². The van der Waals surface area contributed by atoms with Crippen molar-refractivity contribution >= 4 is 193 Å². The van der Waals surface area contributed by atoms with Gasteiger partial charge in [0.2, 0.25) is 0 Å². The number of benzene rings is 18. The highest BCUT2D eigenvalue weighted by Crippen LogP contribution is 2.47. The van der Waals surface area contributed by atoms with Crippen molar-refractivity contribution in [2.24, 2.45) is 0 Å². The smallest absolute Gasteiger partial charge is 0.162 e. The van der Waals surface area contributed by atoms with E-state index in [0.717, 1.165) is 205 Å². The number of thiophene rings is 3. The average molecular weight is 1900 g/mol.